The number of hydrogen-bond donors (Lipinski definition) is 2. The fourth-order valence-electron chi connectivity index (χ4n) is 3.24. The largest absolute Gasteiger partial charge is 0.411 e. The summed E-state index contributed by atoms with van der Waals surface area (Å²) < 4.78 is 0. The van der Waals surface area contributed by atoms with Crippen molar-refractivity contribution < 1.29 is 10.3 Å². The summed E-state index contributed by atoms with van der Waals surface area (Å²) in [5.41, 5.74) is 1.94. The van der Waals surface area contributed by atoms with E-state index >= 15 is 0 Å². The van der Waals surface area contributed by atoms with E-state index in [0.717, 1.165) is 56.2 Å². The molecule has 1 rings (SSSR count). The fraction of sp³-hybridized carbons (Fsp3) is 0.571. The molecule has 0 heterocycles. The second kappa shape index (κ2) is 11.9. The normalized spacial score (nSPS) is 24.7. The van der Waals surface area contributed by atoms with Crippen LogP contribution in [0.1, 0.15) is 58.8 Å². The molecule has 0 aliphatic heterocycles. The van der Waals surface area contributed by atoms with E-state index in [1.807, 2.05) is 31.2 Å². The van der Waals surface area contributed by atoms with E-state index in [1.165, 1.54) is 0 Å². The molecule has 1 aliphatic rings. The van der Waals surface area contributed by atoms with Crippen molar-refractivity contribution in [3.8, 4) is 0 Å². The van der Waals surface area contributed by atoms with Crippen LogP contribution in [0, 0.1) is 11.8 Å². The van der Waals surface area contributed by atoms with Crippen molar-refractivity contribution in [2.45, 2.75) is 64.9 Å². The molecule has 0 aromatic heterocycles. The Kier molecular flexibility index (Phi) is 10.1. The zero-order valence-corrected chi connectivity index (χ0v) is 15.2. The average Bonchev–Trinajstić information content (AvgIpc) is 2.95. The van der Waals surface area contributed by atoms with Gasteiger partial charge in [0.25, 0.3) is 0 Å². The van der Waals surface area contributed by atoms with E-state index in [2.05, 4.69) is 30.8 Å². The molecule has 3 heteroatoms. The molecule has 24 heavy (non-hydrogen) atoms. The summed E-state index contributed by atoms with van der Waals surface area (Å²) in [6.07, 6.45) is 18.4. The molecule has 1 saturated carbocycles. The Bertz CT molecular complexity index is 488. The second-order valence-corrected chi connectivity index (χ2v) is 6.53. The van der Waals surface area contributed by atoms with Gasteiger partial charge in [0, 0.05) is 5.92 Å². The summed E-state index contributed by atoms with van der Waals surface area (Å²) in [6.45, 7) is 8.09. The Morgan fingerprint density at radius 3 is 2.88 bits per heavy atom. The maximum atomic E-state index is 10.2. The standard InChI is InChI=1S/C21H33NO2/c1-4-6-7-11-18-13-16-21(22-24)20(18)15-14-19(23)12-8-10-17(3)9-5-2/h5-7,9,14-15,18-20,23-24H,3-4,8,10-13,16H2,1-2H3/b7-6-,9-5-,15-14+,22-21-/t18-,19?,20+/m0/s1. The van der Waals surface area contributed by atoms with Gasteiger partial charge in [-0.05, 0) is 57.8 Å². The van der Waals surface area contributed by atoms with Crippen molar-refractivity contribution in [2.24, 2.45) is 17.0 Å². The van der Waals surface area contributed by atoms with E-state index in [4.69, 9.17) is 0 Å². The molecule has 3 atom stereocenters. The lowest BCUT2D eigenvalue weighted by atomic mass is 9.91. The number of oxime groups is 1. The van der Waals surface area contributed by atoms with E-state index in [9.17, 15) is 10.3 Å². The Morgan fingerprint density at radius 1 is 1.42 bits per heavy atom. The Morgan fingerprint density at radius 2 is 2.21 bits per heavy atom. The first kappa shape index (κ1) is 20.4. The van der Waals surface area contributed by atoms with Crippen molar-refractivity contribution in [3.63, 3.8) is 0 Å². The van der Waals surface area contributed by atoms with Crippen LogP contribution in [0.4, 0.5) is 0 Å². The third kappa shape index (κ3) is 7.31. The highest BCUT2D eigenvalue weighted by Gasteiger charge is 2.30. The minimum atomic E-state index is -0.448. The zero-order chi connectivity index (χ0) is 17.8. The lowest BCUT2D eigenvalue weighted by Gasteiger charge is -2.15. The average molecular weight is 332 g/mol. The van der Waals surface area contributed by atoms with Crippen LogP contribution in [-0.4, -0.2) is 22.1 Å². The molecular formula is C21H33NO2. The quantitative estimate of drug-likeness (QED) is 0.243. The summed E-state index contributed by atoms with van der Waals surface area (Å²) in [6, 6.07) is 0. The van der Waals surface area contributed by atoms with Crippen molar-refractivity contribution in [2.75, 3.05) is 0 Å². The summed E-state index contributed by atoms with van der Waals surface area (Å²) in [4.78, 5) is 0. The molecule has 0 spiro atoms. The molecule has 0 aromatic rings. The highest BCUT2D eigenvalue weighted by atomic mass is 16.4. The van der Waals surface area contributed by atoms with Gasteiger partial charge >= 0.3 is 0 Å². The first-order valence-corrected chi connectivity index (χ1v) is 9.15. The number of hydrogen-bond acceptors (Lipinski definition) is 3. The smallest absolute Gasteiger partial charge is 0.0721 e. The van der Waals surface area contributed by atoms with Gasteiger partial charge in [-0.1, -0.05) is 60.7 Å². The van der Waals surface area contributed by atoms with E-state index < -0.39 is 6.10 Å². The van der Waals surface area contributed by atoms with Crippen molar-refractivity contribution in [1.82, 2.24) is 0 Å². The number of nitrogens with zero attached hydrogens (tertiary/aromatic N) is 1. The SMILES string of the molecule is C=C(/C=C\C)CCCC(O)/C=C/[C@H]1/C(=N\O)CC[C@@H]1C/C=C\CC. The van der Waals surface area contributed by atoms with Crippen molar-refractivity contribution >= 4 is 5.71 Å². The molecule has 1 aliphatic carbocycles. The van der Waals surface area contributed by atoms with Gasteiger partial charge in [-0.2, -0.15) is 0 Å². The fourth-order valence-corrected chi connectivity index (χ4v) is 3.24. The van der Waals surface area contributed by atoms with Crippen molar-refractivity contribution in [1.29, 1.82) is 0 Å². The minimum Gasteiger partial charge on any atom is -0.411 e. The molecule has 0 amide bonds. The number of allylic oxidation sites excluding steroid dienone is 6. The van der Waals surface area contributed by atoms with Gasteiger partial charge in [0.2, 0.25) is 0 Å². The van der Waals surface area contributed by atoms with Crippen LogP contribution < -0.4 is 0 Å². The van der Waals surface area contributed by atoms with Gasteiger partial charge in [0.05, 0.1) is 11.8 Å². The lowest BCUT2D eigenvalue weighted by molar-refractivity contribution is 0.209. The summed E-state index contributed by atoms with van der Waals surface area (Å²) >= 11 is 0. The van der Waals surface area contributed by atoms with Crippen LogP contribution in [-0.2, 0) is 0 Å². The molecule has 0 saturated heterocycles. The second-order valence-electron chi connectivity index (χ2n) is 6.53. The predicted octanol–water partition coefficient (Wildman–Crippen LogP) is 5.42. The van der Waals surface area contributed by atoms with Crippen LogP contribution in [0.5, 0.6) is 0 Å². The highest BCUT2D eigenvalue weighted by molar-refractivity contribution is 5.90. The van der Waals surface area contributed by atoms with Gasteiger partial charge in [-0.15, -0.1) is 0 Å². The first-order chi connectivity index (χ1) is 11.6. The van der Waals surface area contributed by atoms with Gasteiger partial charge in [0.15, 0.2) is 0 Å². The van der Waals surface area contributed by atoms with Crippen LogP contribution in [0.15, 0.2) is 53.8 Å². The molecular weight excluding hydrogens is 298 g/mol. The van der Waals surface area contributed by atoms with E-state index in [0.29, 0.717) is 5.92 Å². The van der Waals surface area contributed by atoms with Crippen LogP contribution >= 0.6 is 0 Å². The molecule has 0 bridgehead atoms. The zero-order valence-electron chi connectivity index (χ0n) is 15.2. The monoisotopic (exact) mass is 331 g/mol. The third-order valence-electron chi connectivity index (χ3n) is 4.57. The van der Waals surface area contributed by atoms with Gasteiger partial charge < -0.3 is 10.3 Å². The molecule has 134 valence electrons. The third-order valence-corrected chi connectivity index (χ3v) is 4.57. The molecule has 0 radical (unpaired) electrons. The Labute approximate surface area is 147 Å². The van der Waals surface area contributed by atoms with Gasteiger partial charge in [-0.25, -0.2) is 0 Å². The minimum absolute atomic E-state index is 0.143. The van der Waals surface area contributed by atoms with Crippen LogP contribution in [0.2, 0.25) is 0 Å². The highest BCUT2D eigenvalue weighted by Crippen LogP contribution is 2.34. The predicted molar refractivity (Wildman–Crippen MR) is 102 cm³/mol. The molecule has 1 unspecified atom stereocenters. The van der Waals surface area contributed by atoms with Crippen LogP contribution in [0.3, 0.4) is 0 Å². The summed E-state index contributed by atoms with van der Waals surface area (Å²) in [5, 5.41) is 22.8. The number of aliphatic hydroxyl groups is 1. The number of rotatable bonds is 10. The van der Waals surface area contributed by atoms with Gasteiger partial charge in [0.1, 0.15) is 0 Å². The topological polar surface area (TPSA) is 52.8 Å². The lowest BCUT2D eigenvalue weighted by Crippen LogP contribution is -2.13. The first-order valence-electron chi connectivity index (χ1n) is 9.15. The molecule has 2 N–H and O–H groups in total. The summed E-state index contributed by atoms with van der Waals surface area (Å²) in [5.74, 6) is 0.612. The van der Waals surface area contributed by atoms with Crippen molar-refractivity contribution in [3.05, 3.63) is 48.6 Å². The summed E-state index contributed by atoms with van der Waals surface area (Å²) in [7, 11) is 0. The Hall–Kier alpha value is -1.61. The molecule has 1 fully saturated rings. The molecule has 0 aromatic carbocycles. The Balaban J connectivity index is 2.50. The maximum Gasteiger partial charge on any atom is 0.0721 e. The molecule has 3 nitrogen and oxygen atoms in total. The maximum absolute atomic E-state index is 10.2. The van der Waals surface area contributed by atoms with Gasteiger partial charge in [-0.3, -0.25) is 0 Å². The van der Waals surface area contributed by atoms with E-state index in [-0.39, 0.29) is 5.92 Å². The van der Waals surface area contributed by atoms with E-state index in [1.54, 1.807) is 0 Å². The number of aliphatic hydroxyl groups excluding tert-OH is 1. The van der Waals surface area contributed by atoms with Crippen LogP contribution in [0.25, 0.3) is 0 Å².